The number of rotatable bonds is 2. The van der Waals surface area contributed by atoms with E-state index in [1.807, 2.05) is 19.1 Å². The number of nitrogen functional groups attached to an aromatic ring is 1. The third-order valence-corrected chi connectivity index (χ3v) is 3.83. The number of nitrogens with two attached hydrogens (primary N) is 1. The third kappa shape index (κ3) is 2.49. The third-order valence-electron chi connectivity index (χ3n) is 2.89. The van der Waals surface area contributed by atoms with Gasteiger partial charge in [0.25, 0.3) is 0 Å². The Bertz CT molecular complexity index is 881. The van der Waals surface area contributed by atoms with Crippen LogP contribution in [0.15, 0.2) is 24.3 Å². The van der Waals surface area contributed by atoms with Gasteiger partial charge < -0.3 is 11.1 Å². The van der Waals surface area contributed by atoms with Crippen molar-refractivity contribution in [2.45, 2.75) is 6.92 Å². The van der Waals surface area contributed by atoms with E-state index in [1.54, 1.807) is 0 Å². The molecule has 0 fully saturated rings. The van der Waals surface area contributed by atoms with E-state index >= 15 is 0 Å². The fraction of sp³-hybridized carbons (Fsp3) is 0.0714. The summed E-state index contributed by atoms with van der Waals surface area (Å²) in [6, 6.07) is 7.84. The van der Waals surface area contributed by atoms with Gasteiger partial charge in [0, 0.05) is 4.88 Å². The lowest BCUT2D eigenvalue weighted by molar-refractivity contribution is 0.627. The SMILES string of the molecule is Cc1cc2c(Nc3ccc(F)cc3C#N)nc(N)nc2s1. The molecule has 7 heteroatoms. The number of halogens is 1. The summed E-state index contributed by atoms with van der Waals surface area (Å²) in [7, 11) is 0. The quantitative estimate of drug-likeness (QED) is 0.757. The molecule has 0 aliphatic rings. The largest absolute Gasteiger partial charge is 0.368 e. The first-order valence-corrected chi connectivity index (χ1v) is 6.89. The number of aryl methyl sites for hydroxylation is 1. The van der Waals surface area contributed by atoms with E-state index in [9.17, 15) is 4.39 Å². The molecule has 0 unspecified atom stereocenters. The van der Waals surface area contributed by atoms with Crippen molar-refractivity contribution < 1.29 is 4.39 Å². The number of hydrogen-bond acceptors (Lipinski definition) is 6. The van der Waals surface area contributed by atoms with Crippen molar-refractivity contribution in [1.29, 1.82) is 5.26 Å². The first kappa shape index (κ1) is 13.3. The maximum absolute atomic E-state index is 13.2. The highest BCUT2D eigenvalue weighted by atomic mass is 32.1. The molecule has 0 saturated heterocycles. The Labute approximate surface area is 123 Å². The monoisotopic (exact) mass is 299 g/mol. The molecule has 2 aromatic heterocycles. The average Bonchev–Trinajstić information content (AvgIpc) is 2.81. The second-order valence-corrected chi connectivity index (χ2v) is 5.67. The minimum Gasteiger partial charge on any atom is -0.368 e. The summed E-state index contributed by atoms with van der Waals surface area (Å²) in [4.78, 5) is 10.2. The van der Waals surface area contributed by atoms with Crippen LogP contribution in [0.5, 0.6) is 0 Å². The summed E-state index contributed by atoms with van der Waals surface area (Å²) in [5.74, 6) is 0.188. The van der Waals surface area contributed by atoms with Crippen LogP contribution in [0.4, 0.5) is 21.8 Å². The maximum Gasteiger partial charge on any atom is 0.223 e. The van der Waals surface area contributed by atoms with Gasteiger partial charge in [-0.3, -0.25) is 0 Å². The number of nitriles is 1. The molecule has 5 nitrogen and oxygen atoms in total. The highest BCUT2D eigenvalue weighted by molar-refractivity contribution is 7.18. The molecule has 2 heterocycles. The zero-order valence-electron chi connectivity index (χ0n) is 11.0. The molecule has 3 rings (SSSR count). The molecule has 1 aromatic carbocycles. The Kier molecular flexibility index (Phi) is 3.16. The lowest BCUT2D eigenvalue weighted by Gasteiger charge is -2.09. The van der Waals surface area contributed by atoms with Crippen molar-refractivity contribution in [1.82, 2.24) is 9.97 Å². The van der Waals surface area contributed by atoms with E-state index in [1.165, 1.54) is 29.5 Å². The molecule has 0 bridgehead atoms. The van der Waals surface area contributed by atoms with E-state index < -0.39 is 5.82 Å². The van der Waals surface area contributed by atoms with Gasteiger partial charge in [-0.15, -0.1) is 11.3 Å². The fourth-order valence-corrected chi connectivity index (χ4v) is 2.89. The summed E-state index contributed by atoms with van der Waals surface area (Å²) in [5.41, 5.74) is 6.38. The van der Waals surface area contributed by atoms with Gasteiger partial charge in [-0.1, -0.05) is 0 Å². The van der Waals surface area contributed by atoms with Gasteiger partial charge in [-0.25, -0.2) is 9.37 Å². The second-order valence-electron chi connectivity index (χ2n) is 4.43. The highest BCUT2D eigenvalue weighted by Gasteiger charge is 2.11. The lowest BCUT2D eigenvalue weighted by atomic mass is 10.2. The number of hydrogen-bond donors (Lipinski definition) is 2. The summed E-state index contributed by atoms with van der Waals surface area (Å²) < 4.78 is 13.2. The number of thiophene rings is 1. The number of nitrogens with one attached hydrogen (secondary N) is 1. The lowest BCUT2D eigenvalue weighted by Crippen LogP contribution is -2.01. The average molecular weight is 299 g/mol. The van der Waals surface area contributed by atoms with Gasteiger partial charge in [-0.2, -0.15) is 10.2 Å². The minimum atomic E-state index is -0.462. The smallest absolute Gasteiger partial charge is 0.223 e. The molecule has 0 saturated carbocycles. The first-order valence-electron chi connectivity index (χ1n) is 6.07. The molecule has 0 amide bonds. The molecule has 3 N–H and O–H groups in total. The Balaban J connectivity index is 2.12. The van der Waals surface area contributed by atoms with E-state index in [2.05, 4.69) is 15.3 Å². The molecule has 0 radical (unpaired) electrons. The topological polar surface area (TPSA) is 87.6 Å². The summed E-state index contributed by atoms with van der Waals surface area (Å²) >= 11 is 1.51. The van der Waals surface area contributed by atoms with Crippen LogP contribution in [0.3, 0.4) is 0 Å². The summed E-state index contributed by atoms with van der Waals surface area (Å²) in [6.45, 7) is 1.96. The number of nitrogens with zero attached hydrogens (tertiary/aromatic N) is 3. The number of fused-ring (bicyclic) bond motifs is 1. The van der Waals surface area contributed by atoms with E-state index in [-0.39, 0.29) is 11.5 Å². The number of benzene rings is 1. The molecule has 3 aromatic rings. The van der Waals surface area contributed by atoms with Crippen molar-refractivity contribution in [3.05, 3.63) is 40.5 Å². The zero-order valence-corrected chi connectivity index (χ0v) is 11.8. The van der Waals surface area contributed by atoms with Crippen LogP contribution in [0, 0.1) is 24.1 Å². The predicted molar refractivity (Wildman–Crippen MR) is 81.0 cm³/mol. The molecule has 0 atom stereocenters. The summed E-state index contributed by atoms with van der Waals surface area (Å²) in [5, 5.41) is 12.9. The van der Waals surface area contributed by atoms with Gasteiger partial charge in [0.15, 0.2) is 0 Å². The maximum atomic E-state index is 13.2. The van der Waals surface area contributed by atoms with Crippen molar-refractivity contribution in [3.63, 3.8) is 0 Å². The van der Waals surface area contributed by atoms with Crippen molar-refractivity contribution >= 4 is 39.0 Å². The molecule has 0 aliphatic carbocycles. The minimum absolute atomic E-state index is 0.146. The normalized spacial score (nSPS) is 10.5. The van der Waals surface area contributed by atoms with Crippen LogP contribution < -0.4 is 11.1 Å². The van der Waals surface area contributed by atoms with Crippen LogP contribution in [0.1, 0.15) is 10.4 Å². The van der Waals surface area contributed by atoms with Gasteiger partial charge >= 0.3 is 0 Å². The predicted octanol–water partition coefficient (Wildman–Crippen LogP) is 3.34. The van der Waals surface area contributed by atoms with E-state index in [4.69, 9.17) is 11.0 Å². The van der Waals surface area contributed by atoms with Gasteiger partial charge in [-0.05, 0) is 31.2 Å². The molecule has 0 spiro atoms. The zero-order chi connectivity index (χ0) is 15.0. The second kappa shape index (κ2) is 5.00. The molecular weight excluding hydrogens is 289 g/mol. The van der Waals surface area contributed by atoms with Crippen LogP contribution in [-0.2, 0) is 0 Å². The molecular formula is C14H10FN5S. The van der Waals surface area contributed by atoms with Crippen LogP contribution in [0.25, 0.3) is 10.2 Å². The molecule has 104 valence electrons. The van der Waals surface area contributed by atoms with Crippen molar-refractivity contribution in [2.75, 3.05) is 11.1 Å². The Morgan fingerprint density at radius 2 is 2.14 bits per heavy atom. The van der Waals surface area contributed by atoms with Gasteiger partial charge in [0.2, 0.25) is 5.95 Å². The first-order chi connectivity index (χ1) is 10.1. The van der Waals surface area contributed by atoms with Gasteiger partial charge in [0.1, 0.15) is 22.5 Å². The Morgan fingerprint density at radius 3 is 2.90 bits per heavy atom. The van der Waals surface area contributed by atoms with E-state index in [0.717, 1.165) is 15.1 Å². The number of aromatic nitrogens is 2. The van der Waals surface area contributed by atoms with Crippen LogP contribution in [0.2, 0.25) is 0 Å². The van der Waals surface area contributed by atoms with Crippen molar-refractivity contribution in [3.8, 4) is 6.07 Å². The molecule has 21 heavy (non-hydrogen) atoms. The van der Waals surface area contributed by atoms with Crippen LogP contribution >= 0.6 is 11.3 Å². The molecule has 0 aliphatic heterocycles. The fourth-order valence-electron chi connectivity index (χ4n) is 2.00. The highest BCUT2D eigenvalue weighted by Crippen LogP contribution is 2.31. The van der Waals surface area contributed by atoms with Crippen molar-refractivity contribution in [2.24, 2.45) is 0 Å². The van der Waals surface area contributed by atoms with Gasteiger partial charge in [0.05, 0.1) is 16.6 Å². The standard InChI is InChI=1S/C14H10FN5S/c1-7-4-10-12(19-14(17)20-13(10)21-7)18-11-3-2-9(15)5-8(11)6-16/h2-5H,1H3,(H3,17,18,19,20). The number of anilines is 3. The Hall–Kier alpha value is -2.72. The van der Waals surface area contributed by atoms with E-state index in [0.29, 0.717) is 11.5 Å². The Morgan fingerprint density at radius 1 is 1.33 bits per heavy atom. The van der Waals surface area contributed by atoms with Crippen LogP contribution in [-0.4, -0.2) is 9.97 Å². The summed E-state index contributed by atoms with van der Waals surface area (Å²) in [6.07, 6.45) is 0.